The third-order valence-corrected chi connectivity index (χ3v) is 4.47. The van der Waals surface area contributed by atoms with Crippen LogP contribution in [-0.4, -0.2) is 30.6 Å². The van der Waals surface area contributed by atoms with Gasteiger partial charge in [-0.05, 0) is 25.7 Å². The number of aromatic nitrogens is 2. The second kappa shape index (κ2) is 3.96. The molecule has 0 atom stereocenters. The van der Waals surface area contributed by atoms with E-state index in [4.69, 9.17) is 10.7 Å². The minimum absolute atomic E-state index is 0.112. The highest BCUT2D eigenvalue weighted by Crippen LogP contribution is 2.43. The largest absolute Gasteiger partial charge is 0.348 e. The Morgan fingerprint density at radius 1 is 1.33 bits per heavy atom. The first-order chi connectivity index (χ1) is 8.47. The Balaban J connectivity index is 2.00. The number of halogens is 1. The number of carbonyl (C=O) groups excluding carboxylic acids is 1. The number of hydrogen-bond acceptors (Lipinski definition) is 4. The second-order valence-electron chi connectivity index (χ2n) is 4.77. The maximum Gasteiger partial charge on any atom is 0.273 e. The standard InChI is InChI=1S/C10H12ClN3O3S/c11-18(16,17)9-7(5-1-2-5)13-14-8(9)10(15)12-6-3-4-6/h5-6H,1-4H2,(H,12,15)(H,13,14). The van der Waals surface area contributed by atoms with E-state index in [9.17, 15) is 13.2 Å². The van der Waals surface area contributed by atoms with E-state index in [1.165, 1.54) is 0 Å². The zero-order valence-electron chi connectivity index (χ0n) is 9.44. The minimum Gasteiger partial charge on any atom is -0.348 e. The third kappa shape index (κ3) is 2.24. The average molecular weight is 290 g/mol. The fourth-order valence-electron chi connectivity index (χ4n) is 1.88. The summed E-state index contributed by atoms with van der Waals surface area (Å²) in [6.45, 7) is 0. The zero-order valence-corrected chi connectivity index (χ0v) is 11.0. The summed E-state index contributed by atoms with van der Waals surface area (Å²) in [5, 5.41) is 9.18. The Hall–Kier alpha value is -1.08. The summed E-state index contributed by atoms with van der Waals surface area (Å²) < 4.78 is 23.2. The van der Waals surface area contributed by atoms with Gasteiger partial charge in [0.05, 0.1) is 5.69 Å². The molecule has 1 aromatic rings. The highest BCUT2D eigenvalue weighted by molar-refractivity contribution is 8.13. The van der Waals surface area contributed by atoms with E-state index in [0.29, 0.717) is 5.69 Å². The van der Waals surface area contributed by atoms with Crippen molar-refractivity contribution >= 4 is 25.6 Å². The van der Waals surface area contributed by atoms with Gasteiger partial charge in [0.15, 0.2) is 5.69 Å². The number of nitrogens with zero attached hydrogens (tertiary/aromatic N) is 1. The molecule has 0 aliphatic heterocycles. The predicted molar refractivity (Wildman–Crippen MR) is 64.1 cm³/mol. The topological polar surface area (TPSA) is 91.9 Å². The quantitative estimate of drug-likeness (QED) is 0.812. The molecule has 3 rings (SSSR count). The predicted octanol–water partition coefficient (Wildman–Crippen LogP) is 1.11. The normalized spacial score (nSPS) is 19.8. The summed E-state index contributed by atoms with van der Waals surface area (Å²) in [6.07, 6.45) is 3.64. The monoisotopic (exact) mass is 289 g/mol. The lowest BCUT2D eigenvalue weighted by molar-refractivity contribution is 0.0943. The minimum atomic E-state index is -3.97. The van der Waals surface area contributed by atoms with Crippen LogP contribution in [0.3, 0.4) is 0 Å². The van der Waals surface area contributed by atoms with E-state index < -0.39 is 15.0 Å². The molecule has 2 aliphatic rings. The molecule has 18 heavy (non-hydrogen) atoms. The van der Waals surface area contributed by atoms with E-state index in [0.717, 1.165) is 25.7 Å². The van der Waals surface area contributed by atoms with Crippen molar-refractivity contribution in [2.45, 2.75) is 42.5 Å². The second-order valence-corrected chi connectivity index (χ2v) is 7.28. The van der Waals surface area contributed by atoms with Crippen LogP contribution in [-0.2, 0) is 9.05 Å². The van der Waals surface area contributed by atoms with Crippen LogP contribution in [0, 0.1) is 0 Å². The Morgan fingerprint density at radius 3 is 2.50 bits per heavy atom. The first-order valence-electron chi connectivity index (χ1n) is 5.80. The molecule has 8 heteroatoms. The van der Waals surface area contributed by atoms with Crippen LogP contribution < -0.4 is 5.32 Å². The smallest absolute Gasteiger partial charge is 0.273 e. The molecule has 0 aromatic carbocycles. The van der Waals surface area contributed by atoms with Crippen molar-refractivity contribution < 1.29 is 13.2 Å². The Kier molecular flexibility index (Phi) is 2.63. The Bertz CT molecular complexity index is 602. The first kappa shape index (κ1) is 12.0. The molecule has 2 fully saturated rings. The van der Waals surface area contributed by atoms with Crippen molar-refractivity contribution in [1.82, 2.24) is 15.5 Å². The summed E-state index contributed by atoms with van der Waals surface area (Å²) in [5.41, 5.74) is 0.352. The lowest BCUT2D eigenvalue weighted by Crippen LogP contribution is -2.27. The van der Waals surface area contributed by atoms with Crippen molar-refractivity contribution in [2.24, 2.45) is 0 Å². The summed E-state index contributed by atoms with van der Waals surface area (Å²) in [5.74, 6) is -0.344. The fraction of sp³-hybridized carbons (Fsp3) is 0.600. The van der Waals surface area contributed by atoms with Gasteiger partial charge in [0, 0.05) is 22.6 Å². The summed E-state index contributed by atoms with van der Waals surface area (Å²) in [7, 11) is 1.44. The SMILES string of the molecule is O=C(NC1CC1)c1n[nH]c(C2CC2)c1S(=O)(=O)Cl. The van der Waals surface area contributed by atoms with Crippen molar-refractivity contribution in [3.63, 3.8) is 0 Å². The van der Waals surface area contributed by atoms with E-state index in [1.54, 1.807) is 0 Å². The van der Waals surface area contributed by atoms with Gasteiger partial charge in [-0.2, -0.15) is 5.10 Å². The number of nitrogens with one attached hydrogen (secondary N) is 2. The first-order valence-corrected chi connectivity index (χ1v) is 8.11. The average Bonchev–Trinajstić information content (AvgIpc) is 3.17. The number of rotatable bonds is 4. The molecule has 98 valence electrons. The van der Waals surface area contributed by atoms with Gasteiger partial charge in [-0.3, -0.25) is 9.89 Å². The van der Waals surface area contributed by atoms with Crippen molar-refractivity contribution in [1.29, 1.82) is 0 Å². The van der Waals surface area contributed by atoms with Gasteiger partial charge in [0.2, 0.25) is 0 Å². The van der Waals surface area contributed by atoms with Gasteiger partial charge in [0.1, 0.15) is 4.90 Å². The number of hydrogen-bond donors (Lipinski definition) is 2. The summed E-state index contributed by atoms with van der Waals surface area (Å²) in [4.78, 5) is 11.8. The molecular weight excluding hydrogens is 278 g/mol. The van der Waals surface area contributed by atoms with Crippen LogP contribution in [0.25, 0.3) is 0 Å². The Labute approximate surface area is 109 Å². The highest BCUT2D eigenvalue weighted by atomic mass is 35.7. The molecule has 1 amide bonds. The zero-order chi connectivity index (χ0) is 12.9. The Morgan fingerprint density at radius 2 is 2.00 bits per heavy atom. The molecule has 1 aromatic heterocycles. The van der Waals surface area contributed by atoms with E-state index >= 15 is 0 Å². The summed E-state index contributed by atoms with van der Waals surface area (Å²) in [6, 6.07) is 0.143. The molecule has 2 N–H and O–H groups in total. The number of aromatic amines is 1. The molecule has 0 bridgehead atoms. The van der Waals surface area contributed by atoms with Crippen molar-refractivity contribution in [2.75, 3.05) is 0 Å². The summed E-state index contributed by atoms with van der Waals surface area (Å²) >= 11 is 0. The van der Waals surface area contributed by atoms with Crippen LogP contribution in [0.1, 0.15) is 47.8 Å². The molecule has 2 aliphatic carbocycles. The van der Waals surface area contributed by atoms with Crippen LogP contribution in [0.2, 0.25) is 0 Å². The van der Waals surface area contributed by atoms with Gasteiger partial charge in [0.25, 0.3) is 15.0 Å². The fourth-order valence-corrected chi connectivity index (χ4v) is 3.19. The van der Waals surface area contributed by atoms with Crippen molar-refractivity contribution in [3.05, 3.63) is 11.4 Å². The van der Waals surface area contributed by atoms with Crippen LogP contribution in [0.4, 0.5) is 0 Å². The lowest BCUT2D eigenvalue weighted by Gasteiger charge is -2.02. The molecule has 6 nitrogen and oxygen atoms in total. The molecule has 0 spiro atoms. The highest BCUT2D eigenvalue weighted by Gasteiger charge is 2.37. The van der Waals surface area contributed by atoms with Crippen LogP contribution >= 0.6 is 10.7 Å². The van der Waals surface area contributed by atoms with E-state index in [2.05, 4.69) is 15.5 Å². The third-order valence-electron chi connectivity index (χ3n) is 3.10. The van der Waals surface area contributed by atoms with Gasteiger partial charge in [-0.25, -0.2) is 8.42 Å². The molecular formula is C10H12ClN3O3S. The molecule has 2 saturated carbocycles. The molecule has 1 heterocycles. The van der Waals surface area contributed by atoms with Crippen molar-refractivity contribution in [3.8, 4) is 0 Å². The molecule has 0 unspecified atom stereocenters. The van der Waals surface area contributed by atoms with Gasteiger partial charge in [-0.1, -0.05) is 0 Å². The molecule has 0 radical (unpaired) electrons. The van der Waals surface area contributed by atoms with Gasteiger partial charge < -0.3 is 5.32 Å². The van der Waals surface area contributed by atoms with E-state index in [1.807, 2.05) is 0 Å². The van der Waals surface area contributed by atoms with Gasteiger partial charge >= 0.3 is 0 Å². The number of amides is 1. The maximum atomic E-state index is 11.9. The van der Waals surface area contributed by atoms with Crippen LogP contribution in [0.5, 0.6) is 0 Å². The van der Waals surface area contributed by atoms with E-state index in [-0.39, 0.29) is 22.5 Å². The molecule has 0 saturated heterocycles. The number of carbonyl (C=O) groups is 1. The number of H-pyrrole nitrogens is 1. The maximum absolute atomic E-state index is 11.9. The van der Waals surface area contributed by atoms with Gasteiger partial charge in [-0.15, -0.1) is 0 Å². The lowest BCUT2D eigenvalue weighted by atomic mass is 10.2. The van der Waals surface area contributed by atoms with Crippen LogP contribution in [0.15, 0.2) is 4.90 Å².